The number of thiophene rings is 1. The fourth-order valence-corrected chi connectivity index (χ4v) is 3.33. The quantitative estimate of drug-likeness (QED) is 0.782. The van der Waals surface area contributed by atoms with Gasteiger partial charge in [0.25, 0.3) is 5.91 Å². The summed E-state index contributed by atoms with van der Waals surface area (Å²) >= 11 is 1.42. The van der Waals surface area contributed by atoms with Crippen LogP contribution in [-0.2, 0) is 16.0 Å². The lowest BCUT2D eigenvalue weighted by Crippen LogP contribution is -2.20. The standard InChI is InChI=1S/C19H23NO3S/c1-5-16-13(4)10-17(24-16)19(22)23-11-18(21)20-15-8-6-14(7-9-15)12(2)3/h6-10,12H,5,11H2,1-4H3,(H,20,21). The Hall–Kier alpha value is -2.14. The molecule has 2 aromatic rings. The van der Waals surface area contributed by atoms with Crippen molar-refractivity contribution in [2.24, 2.45) is 0 Å². The Balaban J connectivity index is 1.87. The lowest BCUT2D eigenvalue weighted by atomic mass is 10.0. The van der Waals surface area contributed by atoms with E-state index in [0.717, 1.165) is 16.9 Å². The van der Waals surface area contributed by atoms with E-state index in [2.05, 4.69) is 19.2 Å². The van der Waals surface area contributed by atoms with E-state index in [1.807, 2.05) is 44.2 Å². The molecule has 128 valence electrons. The second-order valence-electron chi connectivity index (χ2n) is 5.97. The molecule has 0 saturated heterocycles. The number of carbonyl (C=O) groups excluding carboxylic acids is 2. The van der Waals surface area contributed by atoms with Gasteiger partial charge < -0.3 is 10.1 Å². The Bertz CT molecular complexity index is 717. The van der Waals surface area contributed by atoms with Crippen LogP contribution in [-0.4, -0.2) is 18.5 Å². The van der Waals surface area contributed by atoms with Crippen molar-refractivity contribution in [3.05, 3.63) is 51.2 Å². The second kappa shape index (κ2) is 8.11. The first-order chi connectivity index (χ1) is 11.4. The molecule has 2 rings (SSSR count). The molecular weight excluding hydrogens is 322 g/mol. The molecule has 0 saturated carbocycles. The number of benzene rings is 1. The van der Waals surface area contributed by atoms with E-state index < -0.39 is 5.97 Å². The molecule has 0 spiro atoms. The molecule has 1 aromatic heterocycles. The number of hydrogen-bond donors (Lipinski definition) is 1. The topological polar surface area (TPSA) is 55.4 Å². The van der Waals surface area contributed by atoms with Crippen molar-refractivity contribution in [1.29, 1.82) is 0 Å². The van der Waals surface area contributed by atoms with Gasteiger partial charge in [-0.2, -0.15) is 0 Å². The summed E-state index contributed by atoms with van der Waals surface area (Å²) in [5, 5.41) is 2.73. The maximum absolute atomic E-state index is 12.0. The van der Waals surface area contributed by atoms with E-state index in [-0.39, 0.29) is 12.5 Å². The average molecular weight is 345 g/mol. The second-order valence-corrected chi connectivity index (χ2v) is 7.11. The number of nitrogens with one attached hydrogen (secondary N) is 1. The van der Waals surface area contributed by atoms with Crippen LogP contribution in [0.2, 0.25) is 0 Å². The largest absolute Gasteiger partial charge is 0.451 e. The number of hydrogen-bond acceptors (Lipinski definition) is 4. The highest BCUT2D eigenvalue weighted by molar-refractivity contribution is 7.14. The van der Waals surface area contributed by atoms with Crippen LogP contribution in [0.5, 0.6) is 0 Å². The number of carbonyl (C=O) groups is 2. The molecule has 1 aromatic carbocycles. The summed E-state index contributed by atoms with van der Waals surface area (Å²) in [5.74, 6) is -0.351. The van der Waals surface area contributed by atoms with Gasteiger partial charge in [-0.05, 0) is 48.6 Å². The van der Waals surface area contributed by atoms with Gasteiger partial charge in [0.15, 0.2) is 6.61 Å². The van der Waals surface area contributed by atoms with Gasteiger partial charge in [0, 0.05) is 10.6 Å². The van der Waals surface area contributed by atoms with Gasteiger partial charge in [0.1, 0.15) is 4.88 Å². The zero-order valence-electron chi connectivity index (χ0n) is 14.5. The van der Waals surface area contributed by atoms with E-state index >= 15 is 0 Å². The van der Waals surface area contributed by atoms with Gasteiger partial charge in [-0.3, -0.25) is 4.79 Å². The van der Waals surface area contributed by atoms with E-state index in [1.54, 1.807) is 0 Å². The van der Waals surface area contributed by atoms with Crippen molar-refractivity contribution in [3.8, 4) is 0 Å². The van der Waals surface area contributed by atoms with Crippen LogP contribution in [0.25, 0.3) is 0 Å². The van der Waals surface area contributed by atoms with Crippen molar-refractivity contribution in [2.75, 3.05) is 11.9 Å². The van der Waals surface area contributed by atoms with Crippen LogP contribution < -0.4 is 5.32 Å². The first-order valence-corrected chi connectivity index (χ1v) is 8.88. The molecule has 0 bridgehead atoms. The number of ether oxygens (including phenoxy) is 1. The number of esters is 1. The highest BCUT2D eigenvalue weighted by atomic mass is 32.1. The minimum Gasteiger partial charge on any atom is -0.451 e. The van der Waals surface area contributed by atoms with Crippen LogP contribution in [0.4, 0.5) is 5.69 Å². The Morgan fingerprint density at radius 3 is 2.42 bits per heavy atom. The molecular formula is C19H23NO3S. The number of anilines is 1. The van der Waals surface area contributed by atoms with Gasteiger partial charge in [-0.25, -0.2) is 4.79 Å². The fraction of sp³-hybridized carbons (Fsp3) is 0.368. The van der Waals surface area contributed by atoms with E-state index in [9.17, 15) is 9.59 Å². The summed E-state index contributed by atoms with van der Waals surface area (Å²) < 4.78 is 5.10. The van der Waals surface area contributed by atoms with Crippen LogP contribution in [0.3, 0.4) is 0 Å². The first kappa shape index (κ1) is 18.2. The lowest BCUT2D eigenvalue weighted by molar-refractivity contribution is -0.119. The Morgan fingerprint density at radius 2 is 1.88 bits per heavy atom. The summed E-state index contributed by atoms with van der Waals surface area (Å²) in [6.07, 6.45) is 0.886. The average Bonchev–Trinajstić information content (AvgIpc) is 2.94. The maximum atomic E-state index is 12.0. The fourth-order valence-electron chi connectivity index (χ4n) is 2.32. The van der Waals surface area contributed by atoms with Crippen molar-refractivity contribution in [1.82, 2.24) is 0 Å². The molecule has 0 fully saturated rings. The lowest BCUT2D eigenvalue weighted by Gasteiger charge is -2.08. The van der Waals surface area contributed by atoms with E-state index in [1.165, 1.54) is 16.9 Å². The third kappa shape index (κ3) is 4.68. The SMILES string of the molecule is CCc1sc(C(=O)OCC(=O)Nc2ccc(C(C)C)cc2)cc1C. The third-order valence-electron chi connectivity index (χ3n) is 3.74. The zero-order valence-corrected chi connectivity index (χ0v) is 15.3. The van der Waals surface area contributed by atoms with Crippen LogP contribution in [0.15, 0.2) is 30.3 Å². The monoisotopic (exact) mass is 345 g/mol. The number of aryl methyl sites for hydroxylation is 2. The summed E-state index contributed by atoms with van der Waals surface area (Å²) in [6, 6.07) is 9.48. The summed E-state index contributed by atoms with van der Waals surface area (Å²) in [5.41, 5.74) is 2.99. The van der Waals surface area contributed by atoms with Crippen LogP contribution >= 0.6 is 11.3 Å². The Morgan fingerprint density at radius 1 is 1.21 bits per heavy atom. The third-order valence-corrected chi connectivity index (χ3v) is 5.10. The Kier molecular flexibility index (Phi) is 6.15. The maximum Gasteiger partial charge on any atom is 0.348 e. The van der Waals surface area contributed by atoms with Crippen LogP contribution in [0, 0.1) is 6.92 Å². The molecule has 0 unspecified atom stereocenters. The summed E-state index contributed by atoms with van der Waals surface area (Å²) in [7, 11) is 0. The molecule has 1 N–H and O–H groups in total. The highest BCUT2D eigenvalue weighted by Gasteiger charge is 2.14. The summed E-state index contributed by atoms with van der Waals surface area (Å²) in [6.45, 7) is 7.96. The molecule has 1 heterocycles. The smallest absolute Gasteiger partial charge is 0.348 e. The molecule has 0 aliphatic heterocycles. The predicted molar refractivity (Wildman–Crippen MR) is 97.9 cm³/mol. The molecule has 24 heavy (non-hydrogen) atoms. The Labute approximate surface area is 146 Å². The molecule has 1 amide bonds. The molecule has 0 aliphatic rings. The molecule has 5 heteroatoms. The normalized spacial score (nSPS) is 10.7. The van der Waals surface area contributed by atoms with Crippen molar-refractivity contribution >= 4 is 28.9 Å². The van der Waals surface area contributed by atoms with E-state index in [0.29, 0.717) is 16.5 Å². The van der Waals surface area contributed by atoms with Gasteiger partial charge in [0.05, 0.1) is 0 Å². The van der Waals surface area contributed by atoms with Gasteiger partial charge in [0.2, 0.25) is 0 Å². The summed E-state index contributed by atoms with van der Waals surface area (Å²) in [4.78, 5) is 25.6. The molecule has 0 radical (unpaired) electrons. The number of amides is 1. The zero-order chi connectivity index (χ0) is 17.7. The van der Waals surface area contributed by atoms with Crippen molar-refractivity contribution in [3.63, 3.8) is 0 Å². The molecule has 0 aliphatic carbocycles. The first-order valence-electron chi connectivity index (χ1n) is 8.07. The highest BCUT2D eigenvalue weighted by Crippen LogP contribution is 2.23. The minimum atomic E-state index is -0.451. The molecule has 0 atom stereocenters. The van der Waals surface area contributed by atoms with Gasteiger partial charge in [-0.1, -0.05) is 32.9 Å². The minimum absolute atomic E-state index is 0.289. The van der Waals surface area contributed by atoms with Crippen molar-refractivity contribution < 1.29 is 14.3 Å². The van der Waals surface area contributed by atoms with Crippen LogP contribution in [0.1, 0.15) is 52.4 Å². The van der Waals surface area contributed by atoms with Gasteiger partial charge >= 0.3 is 5.97 Å². The van der Waals surface area contributed by atoms with Gasteiger partial charge in [-0.15, -0.1) is 11.3 Å². The van der Waals surface area contributed by atoms with Crippen molar-refractivity contribution in [2.45, 2.75) is 40.0 Å². The predicted octanol–water partition coefficient (Wildman–Crippen LogP) is 4.54. The molecule has 4 nitrogen and oxygen atoms in total. The number of rotatable bonds is 6. The van der Waals surface area contributed by atoms with E-state index in [4.69, 9.17) is 4.74 Å².